The number of hydrogen-bond donors (Lipinski definition) is 0. The van der Waals surface area contributed by atoms with Gasteiger partial charge in [-0.25, -0.2) is 4.98 Å². The molecule has 2 aliphatic rings. The molecule has 4 nitrogen and oxygen atoms in total. The summed E-state index contributed by atoms with van der Waals surface area (Å²) in [6, 6.07) is 20.0. The van der Waals surface area contributed by atoms with Crippen LogP contribution in [-0.2, 0) is 13.0 Å². The van der Waals surface area contributed by atoms with Crippen molar-refractivity contribution in [2.24, 2.45) is 5.92 Å². The van der Waals surface area contributed by atoms with Crippen LogP contribution >= 0.6 is 0 Å². The summed E-state index contributed by atoms with van der Waals surface area (Å²) >= 11 is 0. The molecule has 36 heavy (non-hydrogen) atoms. The maximum absolute atomic E-state index is 12.8. The van der Waals surface area contributed by atoms with Crippen molar-refractivity contribution in [1.29, 1.82) is 0 Å². The fraction of sp³-hybridized carbons (Fsp3) is 0.387. The first-order valence-corrected chi connectivity index (χ1v) is 13.1. The minimum Gasteiger partial charge on any atom is -0.497 e. The van der Waals surface area contributed by atoms with Crippen LogP contribution in [0.2, 0.25) is 0 Å². The average Bonchev–Trinajstić information content (AvgIpc) is 3.18. The Morgan fingerprint density at radius 1 is 1.06 bits per heavy atom. The quantitative estimate of drug-likeness (QED) is 0.301. The molecule has 0 radical (unpaired) electrons. The average molecular weight is 484 g/mol. The fourth-order valence-electron chi connectivity index (χ4n) is 6.33. The topological polar surface area (TPSA) is 29.8 Å². The molecule has 1 aliphatic carbocycles. The Bertz CT molecular complexity index is 1370. The molecular weight excluding hydrogens is 449 g/mol. The van der Waals surface area contributed by atoms with Gasteiger partial charge in [-0.1, -0.05) is 30.3 Å². The van der Waals surface area contributed by atoms with Crippen LogP contribution in [0, 0.1) is 12.8 Å². The molecule has 2 aromatic heterocycles. The van der Waals surface area contributed by atoms with E-state index in [1.54, 1.807) is 7.11 Å². The number of alkyl halides is 1. The smallest absolute Gasteiger partial charge is 0.137 e. The van der Waals surface area contributed by atoms with Gasteiger partial charge < -0.3 is 9.14 Å². The first-order valence-electron chi connectivity index (χ1n) is 13.1. The highest BCUT2D eigenvalue weighted by atomic mass is 19.1. The van der Waals surface area contributed by atoms with E-state index in [1.165, 1.54) is 27.8 Å². The van der Waals surface area contributed by atoms with Crippen molar-refractivity contribution >= 4 is 5.65 Å². The molecule has 0 amide bonds. The van der Waals surface area contributed by atoms with Gasteiger partial charge in [0.2, 0.25) is 0 Å². The van der Waals surface area contributed by atoms with Gasteiger partial charge in [-0.3, -0.25) is 9.29 Å². The molecule has 186 valence electrons. The molecule has 1 fully saturated rings. The molecule has 6 rings (SSSR count). The molecule has 3 heterocycles. The van der Waals surface area contributed by atoms with Crippen molar-refractivity contribution in [3.63, 3.8) is 0 Å². The lowest BCUT2D eigenvalue weighted by atomic mass is 9.75. The van der Waals surface area contributed by atoms with E-state index in [1.807, 2.05) is 0 Å². The standard InChI is InChI=1S/C31H34FN3O/c1-21-6-3-4-8-27(21)29-9-5-7-23-14-26(36-2)10-11-28(23)31(29)24-12-13-35-20-25(33-30(35)15-24)19-34-17-22(16-32)18-34/h3-4,6,8,10-15,20,22,29,31H,5,7,9,16-19H2,1-2H3. The second-order valence-electron chi connectivity index (χ2n) is 10.6. The molecule has 2 atom stereocenters. The van der Waals surface area contributed by atoms with Crippen LogP contribution in [-0.4, -0.2) is 41.2 Å². The minimum absolute atomic E-state index is 0.195. The minimum atomic E-state index is -0.220. The summed E-state index contributed by atoms with van der Waals surface area (Å²) in [7, 11) is 1.74. The summed E-state index contributed by atoms with van der Waals surface area (Å²) in [5.41, 5.74) is 8.92. The normalized spacial score (nSPS) is 20.6. The maximum atomic E-state index is 12.8. The Morgan fingerprint density at radius 3 is 2.72 bits per heavy atom. The van der Waals surface area contributed by atoms with Crippen molar-refractivity contribution < 1.29 is 9.13 Å². The predicted octanol–water partition coefficient (Wildman–Crippen LogP) is 6.30. The number of benzene rings is 2. The van der Waals surface area contributed by atoms with Crippen LogP contribution < -0.4 is 4.74 Å². The summed E-state index contributed by atoms with van der Waals surface area (Å²) in [5.74, 6) is 1.77. The van der Waals surface area contributed by atoms with Gasteiger partial charge in [0.15, 0.2) is 0 Å². The summed E-state index contributed by atoms with van der Waals surface area (Å²) in [5, 5.41) is 0. The monoisotopic (exact) mass is 483 g/mol. The number of nitrogens with zero attached hydrogens (tertiary/aromatic N) is 3. The number of ether oxygens (including phenoxy) is 1. The maximum Gasteiger partial charge on any atom is 0.137 e. The third-order valence-electron chi connectivity index (χ3n) is 8.17. The number of pyridine rings is 1. The lowest BCUT2D eigenvalue weighted by Gasteiger charge is -2.37. The van der Waals surface area contributed by atoms with E-state index in [4.69, 9.17) is 9.72 Å². The van der Waals surface area contributed by atoms with Crippen LogP contribution in [0.5, 0.6) is 5.75 Å². The second-order valence-corrected chi connectivity index (χ2v) is 10.6. The van der Waals surface area contributed by atoms with Gasteiger partial charge in [0, 0.05) is 43.9 Å². The van der Waals surface area contributed by atoms with Gasteiger partial charge >= 0.3 is 0 Å². The molecule has 1 aliphatic heterocycles. The van der Waals surface area contributed by atoms with Crippen LogP contribution in [0.1, 0.15) is 58.2 Å². The number of hydrogen-bond acceptors (Lipinski definition) is 3. The number of methoxy groups -OCH3 is 1. The zero-order valence-corrected chi connectivity index (χ0v) is 21.2. The van der Waals surface area contributed by atoms with E-state index in [-0.39, 0.29) is 18.5 Å². The Morgan fingerprint density at radius 2 is 1.92 bits per heavy atom. The molecule has 2 aromatic carbocycles. The Hall–Kier alpha value is -3.18. The van der Waals surface area contributed by atoms with Crippen molar-refractivity contribution in [3.05, 3.63) is 101 Å². The van der Waals surface area contributed by atoms with Crippen molar-refractivity contribution in [3.8, 4) is 5.75 Å². The number of halogens is 1. The Kier molecular flexibility index (Phi) is 6.26. The molecular formula is C31H34FN3O. The molecule has 5 heteroatoms. The number of aryl methyl sites for hydroxylation is 2. The lowest BCUT2D eigenvalue weighted by molar-refractivity contribution is 0.0727. The summed E-state index contributed by atoms with van der Waals surface area (Å²) in [6.07, 6.45) is 7.64. The first-order chi connectivity index (χ1) is 17.6. The van der Waals surface area contributed by atoms with E-state index in [0.717, 1.165) is 56.0 Å². The van der Waals surface area contributed by atoms with Gasteiger partial charge in [0.05, 0.1) is 19.5 Å². The van der Waals surface area contributed by atoms with Crippen molar-refractivity contribution in [1.82, 2.24) is 14.3 Å². The second kappa shape index (κ2) is 9.70. The fourth-order valence-corrected chi connectivity index (χ4v) is 6.33. The first kappa shape index (κ1) is 23.2. The SMILES string of the molecule is COc1ccc2c(c1)CCCC(c1ccccc1C)C2c1ccn2cc(CN3CC(CF)C3)nc2c1. The van der Waals surface area contributed by atoms with Crippen LogP contribution in [0.4, 0.5) is 4.39 Å². The van der Waals surface area contributed by atoms with E-state index < -0.39 is 0 Å². The number of fused-ring (bicyclic) bond motifs is 2. The van der Waals surface area contributed by atoms with Crippen LogP contribution in [0.25, 0.3) is 5.65 Å². The van der Waals surface area contributed by atoms with E-state index in [0.29, 0.717) is 5.92 Å². The third kappa shape index (κ3) is 4.30. The van der Waals surface area contributed by atoms with E-state index in [2.05, 4.69) is 83.2 Å². The highest BCUT2D eigenvalue weighted by molar-refractivity contribution is 5.51. The van der Waals surface area contributed by atoms with Crippen LogP contribution in [0.3, 0.4) is 0 Å². The van der Waals surface area contributed by atoms with Crippen molar-refractivity contribution in [2.45, 2.75) is 44.6 Å². The van der Waals surface area contributed by atoms with Gasteiger partial charge in [0.25, 0.3) is 0 Å². The third-order valence-corrected chi connectivity index (χ3v) is 8.17. The summed E-state index contributed by atoms with van der Waals surface area (Å²) in [6.45, 7) is 4.46. The summed E-state index contributed by atoms with van der Waals surface area (Å²) in [4.78, 5) is 7.24. The largest absolute Gasteiger partial charge is 0.497 e. The highest BCUT2D eigenvalue weighted by Crippen LogP contribution is 2.46. The molecule has 0 N–H and O–H groups in total. The summed E-state index contributed by atoms with van der Waals surface area (Å²) < 4.78 is 20.5. The Balaban J connectivity index is 1.40. The number of rotatable bonds is 6. The zero-order valence-electron chi connectivity index (χ0n) is 21.2. The molecule has 0 saturated carbocycles. The van der Waals surface area contributed by atoms with Gasteiger partial charge in [-0.15, -0.1) is 0 Å². The predicted molar refractivity (Wildman–Crippen MR) is 142 cm³/mol. The molecule has 1 saturated heterocycles. The Labute approximate surface area is 212 Å². The molecule has 2 unspecified atom stereocenters. The zero-order chi connectivity index (χ0) is 24.6. The highest BCUT2D eigenvalue weighted by Gasteiger charge is 2.32. The molecule has 0 spiro atoms. The van der Waals surface area contributed by atoms with Gasteiger partial charge in [0.1, 0.15) is 11.4 Å². The number of aromatic nitrogens is 2. The number of likely N-dealkylation sites (tertiary alicyclic amines) is 1. The van der Waals surface area contributed by atoms with E-state index in [9.17, 15) is 4.39 Å². The lowest BCUT2D eigenvalue weighted by Crippen LogP contribution is -2.46. The molecule has 4 aromatic rings. The van der Waals surface area contributed by atoms with E-state index >= 15 is 0 Å². The molecule has 0 bridgehead atoms. The van der Waals surface area contributed by atoms with Gasteiger partial charge in [-0.2, -0.15) is 0 Å². The van der Waals surface area contributed by atoms with Crippen LogP contribution in [0.15, 0.2) is 67.0 Å². The van der Waals surface area contributed by atoms with Crippen molar-refractivity contribution in [2.75, 3.05) is 26.9 Å². The van der Waals surface area contributed by atoms with Gasteiger partial charge in [-0.05, 0) is 84.2 Å². The number of imidazole rings is 1.